The van der Waals surface area contributed by atoms with E-state index in [9.17, 15) is 9.18 Å². The predicted octanol–water partition coefficient (Wildman–Crippen LogP) is 3.51. The Morgan fingerprint density at radius 2 is 2.08 bits per heavy atom. The molecule has 1 unspecified atom stereocenters. The molecular weight excluding hydrogens is 384 g/mol. The zero-order chi connectivity index (χ0) is 16.2. The van der Waals surface area contributed by atoms with E-state index in [-0.39, 0.29) is 36.5 Å². The standard InChI is InChI=1S/C17H20FN3OS.2ClH/c1-11-16(17(22)20-10-14-3-2-8-19-14)23-15(21-11)9-12-4-6-13(18)7-5-12;;/h4-7,14,19H,2-3,8-10H2,1H3,(H,20,22);2*1H. The summed E-state index contributed by atoms with van der Waals surface area (Å²) in [5.41, 5.74) is 1.74. The highest BCUT2D eigenvalue weighted by atomic mass is 35.5. The van der Waals surface area contributed by atoms with Gasteiger partial charge in [0.25, 0.3) is 5.91 Å². The molecule has 1 aliphatic rings. The van der Waals surface area contributed by atoms with Gasteiger partial charge in [0, 0.05) is 19.0 Å². The summed E-state index contributed by atoms with van der Waals surface area (Å²) < 4.78 is 12.9. The van der Waals surface area contributed by atoms with Gasteiger partial charge in [0.15, 0.2) is 0 Å². The number of nitrogens with zero attached hydrogens (tertiary/aromatic N) is 1. The molecule has 138 valence electrons. The van der Waals surface area contributed by atoms with Crippen molar-refractivity contribution in [1.29, 1.82) is 0 Å². The van der Waals surface area contributed by atoms with Gasteiger partial charge in [0.2, 0.25) is 0 Å². The number of thiazole rings is 1. The molecule has 2 heterocycles. The number of hydrogen-bond donors (Lipinski definition) is 2. The van der Waals surface area contributed by atoms with Crippen molar-refractivity contribution in [2.24, 2.45) is 0 Å². The predicted molar refractivity (Wildman–Crippen MR) is 104 cm³/mol. The van der Waals surface area contributed by atoms with Gasteiger partial charge in [-0.15, -0.1) is 36.2 Å². The molecule has 0 saturated carbocycles. The van der Waals surface area contributed by atoms with E-state index in [0.29, 0.717) is 23.9 Å². The number of carbonyl (C=O) groups excluding carboxylic acids is 1. The summed E-state index contributed by atoms with van der Waals surface area (Å²) in [6.45, 7) is 3.54. The lowest BCUT2D eigenvalue weighted by Gasteiger charge is -2.10. The highest BCUT2D eigenvalue weighted by molar-refractivity contribution is 7.13. The lowest BCUT2D eigenvalue weighted by atomic mass is 10.1. The van der Waals surface area contributed by atoms with Crippen LogP contribution >= 0.6 is 36.2 Å². The van der Waals surface area contributed by atoms with Gasteiger partial charge in [-0.1, -0.05) is 12.1 Å². The molecule has 1 aromatic carbocycles. The van der Waals surface area contributed by atoms with Crippen molar-refractivity contribution >= 4 is 42.1 Å². The van der Waals surface area contributed by atoms with E-state index < -0.39 is 0 Å². The second-order valence-corrected chi connectivity index (χ2v) is 6.91. The van der Waals surface area contributed by atoms with Crippen molar-refractivity contribution in [1.82, 2.24) is 15.6 Å². The summed E-state index contributed by atoms with van der Waals surface area (Å²) in [5.74, 6) is -0.302. The molecule has 1 aliphatic heterocycles. The molecule has 2 aromatic rings. The molecule has 1 fully saturated rings. The van der Waals surface area contributed by atoms with Crippen molar-refractivity contribution in [2.45, 2.75) is 32.2 Å². The van der Waals surface area contributed by atoms with Crippen LogP contribution < -0.4 is 10.6 Å². The Balaban J connectivity index is 0.00000156. The molecule has 4 nitrogen and oxygen atoms in total. The number of hydrogen-bond acceptors (Lipinski definition) is 4. The van der Waals surface area contributed by atoms with Crippen molar-refractivity contribution in [2.75, 3.05) is 13.1 Å². The monoisotopic (exact) mass is 405 g/mol. The van der Waals surface area contributed by atoms with Crippen molar-refractivity contribution in [3.05, 3.63) is 51.2 Å². The first-order valence-electron chi connectivity index (χ1n) is 7.84. The Hall–Kier alpha value is -1.21. The molecule has 1 atom stereocenters. The largest absolute Gasteiger partial charge is 0.350 e. The molecule has 0 radical (unpaired) electrons. The number of aromatic nitrogens is 1. The number of aryl methyl sites for hydroxylation is 1. The zero-order valence-corrected chi connectivity index (χ0v) is 16.3. The minimum atomic E-state index is -0.246. The van der Waals surface area contributed by atoms with Gasteiger partial charge < -0.3 is 10.6 Å². The molecule has 1 aromatic heterocycles. The number of nitrogens with one attached hydrogen (secondary N) is 2. The minimum absolute atomic E-state index is 0. The van der Waals surface area contributed by atoms with E-state index in [1.54, 1.807) is 12.1 Å². The first-order valence-corrected chi connectivity index (χ1v) is 8.66. The Morgan fingerprint density at radius 1 is 1.36 bits per heavy atom. The third kappa shape index (κ3) is 5.92. The van der Waals surface area contributed by atoms with Gasteiger partial charge in [0.1, 0.15) is 10.7 Å². The van der Waals surface area contributed by atoms with Crippen LogP contribution in [0.1, 0.15) is 38.8 Å². The quantitative estimate of drug-likeness (QED) is 0.799. The van der Waals surface area contributed by atoms with Crippen LogP contribution in [0.2, 0.25) is 0 Å². The Bertz CT molecular complexity index is 688. The number of amides is 1. The minimum Gasteiger partial charge on any atom is -0.350 e. The molecule has 2 N–H and O–H groups in total. The summed E-state index contributed by atoms with van der Waals surface area (Å²) in [4.78, 5) is 17.5. The van der Waals surface area contributed by atoms with Gasteiger partial charge in [-0.3, -0.25) is 4.79 Å². The second kappa shape index (κ2) is 10.1. The molecule has 3 rings (SSSR count). The van der Waals surface area contributed by atoms with Gasteiger partial charge in [-0.2, -0.15) is 0 Å². The van der Waals surface area contributed by atoms with Crippen molar-refractivity contribution in [3.63, 3.8) is 0 Å². The number of benzene rings is 1. The maximum Gasteiger partial charge on any atom is 0.263 e. The summed E-state index contributed by atoms with van der Waals surface area (Å²) in [7, 11) is 0. The average Bonchev–Trinajstić information content (AvgIpc) is 3.17. The third-order valence-corrected chi connectivity index (χ3v) is 5.14. The summed E-state index contributed by atoms with van der Waals surface area (Å²) in [6.07, 6.45) is 2.89. The second-order valence-electron chi connectivity index (χ2n) is 5.83. The molecule has 1 amide bonds. The topological polar surface area (TPSA) is 54.0 Å². The van der Waals surface area contributed by atoms with Crippen molar-refractivity contribution in [3.8, 4) is 0 Å². The van der Waals surface area contributed by atoms with E-state index in [1.807, 2.05) is 6.92 Å². The zero-order valence-electron chi connectivity index (χ0n) is 13.9. The van der Waals surface area contributed by atoms with Crippen LogP contribution in [0.5, 0.6) is 0 Å². The molecule has 0 bridgehead atoms. The third-order valence-electron chi connectivity index (χ3n) is 3.99. The van der Waals surface area contributed by atoms with E-state index in [4.69, 9.17) is 0 Å². The fourth-order valence-corrected chi connectivity index (χ4v) is 3.76. The normalized spacial score (nSPS) is 16.0. The van der Waals surface area contributed by atoms with Crippen LogP contribution in [0.15, 0.2) is 24.3 Å². The van der Waals surface area contributed by atoms with E-state index in [0.717, 1.165) is 29.2 Å². The van der Waals surface area contributed by atoms with Crippen LogP contribution in [0.3, 0.4) is 0 Å². The molecule has 0 spiro atoms. The van der Waals surface area contributed by atoms with Crippen molar-refractivity contribution < 1.29 is 9.18 Å². The number of carbonyl (C=O) groups is 1. The lowest BCUT2D eigenvalue weighted by Crippen LogP contribution is -2.37. The first-order chi connectivity index (χ1) is 11.1. The molecule has 25 heavy (non-hydrogen) atoms. The van der Waals surface area contributed by atoms with Crippen LogP contribution in [0.4, 0.5) is 4.39 Å². The summed E-state index contributed by atoms with van der Waals surface area (Å²) in [6, 6.07) is 6.76. The molecular formula is C17H22Cl2FN3OS. The maximum absolute atomic E-state index is 12.9. The van der Waals surface area contributed by atoms with Crippen LogP contribution in [-0.2, 0) is 6.42 Å². The van der Waals surface area contributed by atoms with E-state index >= 15 is 0 Å². The Morgan fingerprint density at radius 3 is 2.72 bits per heavy atom. The van der Waals surface area contributed by atoms with E-state index in [2.05, 4.69) is 15.6 Å². The Labute approximate surface area is 163 Å². The van der Waals surface area contributed by atoms with Gasteiger partial charge in [-0.05, 0) is 44.0 Å². The fourth-order valence-electron chi connectivity index (χ4n) is 2.74. The smallest absolute Gasteiger partial charge is 0.263 e. The highest BCUT2D eigenvalue weighted by Gasteiger charge is 2.18. The summed E-state index contributed by atoms with van der Waals surface area (Å²) in [5, 5.41) is 7.22. The summed E-state index contributed by atoms with van der Waals surface area (Å²) >= 11 is 1.41. The first kappa shape index (κ1) is 21.8. The van der Waals surface area contributed by atoms with Gasteiger partial charge in [0.05, 0.1) is 10.7 Å². The Kier molecular flexibility index (Phi) is 8.79. The SMILES string of the molecule is Cc1nc(Cc2ccc(F)cc2)sc1C(=O)NCC1CCCN1.Cl.Cl. The number of rotatable bonds is 5. The average molecular weight is 406 g/mol. The molecule has 8 heteroatoms. The van der Waals surface area contributed by atoms with E-state index in [1.165, 1.54) is 29.9 Å². The highest BCUT2D eigenvalue weighted by Crippen LogP contribution is 2.21. The fraction of sp³-hybridized carbons (Fsp3) is 0.412. The van der Waals surface area contributed by atoms with Gasteiger partial charge in [-0.25, -0.2) is 9.37 Å². The van der Waals surface area contributed by atoms with Crippen LogP contribution in [0.25, 0.3) is 0 Å². The lowest BCUT2D eigenvalue weighted by molar-refractivity contribution is 0.0953. The van der Waals surface area contributed by atoms with Crippen LogP contribution in [-0.4, -0.2) is 30.0 Å². The van der Waals surface area contributed by atoms with Gasteiger partial charge >= 0.3 is 0 Å². The molecule has 0 aliphatic carbocycles. The maximum atomic E-state index is 12.9. The van der Waals surface area contributed by atoms with Crippen LogP contribution in [0, 0.1) is 12.7 Å². The molecule has 1 saturated heterocycles. The number of halogens is 3.